The molecular formula is C13H15ClO3. The Bertz CT molecular complexity index is 427. The minimum absolute atomic E-state index is 0.483. The normalized spacial score (nSPS) is 16.6. The van der Waals surface area contributed by atoms with Crippen molar-refractivity contribution in [2.75, 3.05) is 6.61 Å². The molecule has 1 fully saturated rings. The minimum Gasteiger partial charge on any atom is -0.492 e. The summed E-state index contributed by atoms with van der Waals surface area (Å²) in [5.74, 6) is -0.0960. The van der Waals surface area contributed by atoms with Crippen LogP contribution in [0, 0.1) is 5.92 Å². The van der Waals surface area contributed by atoms with Crippen LogP contribution in [0.25, 0.3) is 0 Å². The zero-order chi connectivity index (χ0) is 12.4. The molecule has 3 nitrogen and oxygen atoms in total. The first-order valence-corrected chi connectivity index (χ1v) is 6.10. The summed E-state index contributed by atoms with van der Waals surface area (Å²) in [7, 11) is 0. The van der Waals surface area contributed by atoms with Crippen LogP contribution < -0.4 is 4.74 Å². The lowest BCUT2D eigenvalue weighted by Gasteiger charge is -2.11. The molecule has 1 saturated carbocycles. The molecule has 0 aromatic heterocycles. The number of rotatable bonds is 5. The van der Waals surface area contributed by atoms with Crippen LogP contribution in [0.15, 0.2) is 18.2 Å². The summed E-state index contributed by atoms with van der Waals surface area (Å²) in [6.45, 7) is 2.34. The molecule has 1 N–H and O–H groups in total. The zero-order valence-electron chi connectivity index (χ0n) is 9.65. The summed E-state index contributed by atoms with van der Waals surface area (Å²) in [6.07, 6.45) is 2.46. The van der Waals surface area contributed by atoms with Gasteiger partial charge in [-0.25, -0.2) is 0 Å². The van der Waals surface area contributed by atoms with E-state index in [1.807, 2.05) is 0 Å². The fraction of sp³-hybridized carbons (Fsp3) is 0.462. The number of aliphatic carboxylic acids is 1. The summed E-state index contributed by atoms with van der Waals surface area (Å²) in [6, 6.07) is 5.18. The van der Waals surface area contributed by atoms with Gasteiger partial charge in [-0.15, -0.1) is 0 Å². The molecule has 1 aromatic carbocycles. The zero-order valence-corrected chi connectivity index (χ0v) is 10.4. The molecule has 92 valence electrons. The van der Waals surface area contributed by atoms with Crippen LogP contribution in [0.3, 0.4) is 0 Å². The molecule has 2 rings (SSSR count). The third-order valence-electron chi connectivity index (χ3n) is 3.00. The number of carboxylic acid groups (broad SMARTS) is 1. The Morgan fingerprint density at radius 2 is 2.29 bits per heavy atom. The smallest absolute Gasteiger partial charge is 0.310 e. The van der Waals surface area contributed by atoms with Gasteiger partial charge in [0.15, 0.2) is 0 Å². The highest BCUT2D eigenvalue weighted by atomic mass is 35.5. The van der Waals surface area contributed by atoms with Gasteiger partial charge in [-0.3, -0.25) is 4.79 Å². The third kappa shape index (κ3) is 3.13. The molecule has 17 heavy (non-hydrogen) atoms. The van der Waals surface area contributed by atoms with Crippen LogP contribution >= 0.6 is 11.6 Å². The molecule has 1 aliphatic rings. The van der Waals surface area contributed by atoms with E-state index < -0.39 is 11.9 Å². The van der Waals surface area contributed by atoms with Crippen molar-refractivity contribution in [3.8, 4) is 5.75 Å². The van der Waals surface area contributed by atoms with Gasteiger partial charge in [-0.2, -0.15) is 0 Å². The number of halogens is 1. The molecular weight excluding hydrogens is 240 g/mol. The highest BCUT2D eigenvalue weighted by Gasteiger charge is 2.22. The van der Waals surface area contributed by atoms with Gasteiger partial charge in [0.2, 0.25) is 0 Å². The fourth-order valence-electron chi connectivity index (χ4n) is 1.54. The summed E-state index contributed by atoms with van der Waals surface area (Å²) >= 11 is 6.06. The van der Waals surface area contributed by atoms with Crippen LogP contribution in [0.2, 0.25) is 5.02 Å². The van der Waals surface area contributed by atoms with Crippen molar-refractivity contribution in [2.45, 2.75) is 25.7 Å². The van der Waals surface area contributed by atoms with E-state index in [0.29, 0.717) is 28.9 Å². The predicted octanol–water partition coefficient (Wildman–Crippen LogP) is 3.32. The van der Waals surface area contributed by atoms with Crippen molar-refractivity contribution in [3.63, 3.8) is 0 Å². The highest BCUT2D eigenvalue weighted by molar-refractivity contribution is 6.32. The number of carbonyl (C=O) groups is 1. The molecule has 0 heterocycles. The second-order valence-corrected chi connectivity index (χ2v) is 4.91. The van der Waals surface area contributed by atoms with Crippen molar-refractivity contribution in [1.29, 1.82) is 0 Å². The van der Waals surface area contributed by atoms with Gasteiger partial charge in [0.05, 0.1) is 17.5 Å². The Morgan fingerprint density at radius 3 is 2.82 bits per heavy atom. The third-order valence-corrected chi connectivity index (χ3v) is 3.29. The summed E-state index contributed by atoms with van der Waals surface area (Å²) in [5, 5.41) is 9.39. The van der Waals surface area contributed by atoms with Crippen molar-refractivity contribution >= 4 is 17.6 Å². The van der Waals surface area contributed by atoms with Crippen LogP contribution in [0.1, 0.15) is 31.2 Å². The van der Waals surface area contributed by atoms with E-state index in [4.69, 9.17) is 21.4 Å². The van der Waals surface area contributed by atoms with Gasteiger partial charge in [0.1, 0.15) is 5.75 Å². The van der Waals surface area contributed by atoms with E-state index >= 15 is 0 Å². The second-order valence-electron chi connectivity index (χ2n) is 4.50. The van der Waals surface area contributed by atoms with E-state index in [9.17, 15) is 4.79 Å². The number of hydrogen-bond donors (Lipinski definition) is 1. The predicted molar refractivity (Wildman–Crippen MR) is 65.7 cm³/mol. The first-order chi connectivity index (χ1) is 8.08. The molecule has 0 amide bonds. The number of carboxylic acids is 1. The molecule has 1 aliphatic carbocycles. The van der Waals surface area contributed by atoms with Crippen molar-refractivity contribution in [3.05, 3.63) is 28.8 Å². The maximum absolute atomic E-state index is 10.8. The standard InChI is InChI=1S/C13H15ClO3/c1-8(13(15)16)10-4-5-12(11(14)6-10)17-7-9-2-3-9/h4-6,8-9H,2-3,7H2,1H3,(H,15,16). The van der Waals surface area contributed by atoms with Gasteiger partial charge >= 0.3 is 5.97 Å². The van der Waals surface area contributed by atoms with E-state index in [0.717, 1.165) is 0 Å². The van der Waals surface area contributed by atoms with E-state index in [2.05, 4.69) is 0 Å². The fourth-order valence-corrected chi connectivity index (χ4v) is 1.78. The van der Waals surface area contributed by atoms with E-state index in [1.165, 1.54) is 12.8 Å². The van der Waals surface area contributed by atoms with Gasteiger partial charge in [0, 0.05) is 0 Å². The van der Waals surface area contributed by atoms with Crippen LogP contribution in [-0.4, -0.2) is 17.7 Å². The van der Waals surface area contributed by atoms with E-state index in [-0.39, 0.29) is 0 Å². The van der Waals surface area contributed by atoms with Gasteiger partial charge in [-0.1, -0.05) is 17.7 Å². The lowest BCUT2D eigenvalue weighted by atomic mass is 10.0. The Hall–Kier alpha value is -1.22. The number of benzene rings is 1. The molecule has 0 spiro atoms. The lowest BCUT2D eigenvalue weighted by molar-refractivity contribution is -0.138. The van der Waals surface area contributed by atoms with Crippen LogP contribution in [0.5, 0.6) is 5.75 Å². The first-order valence-electron chi connectivity index (χ1n) is 5.73. The van der Waals surface area contributed by atoms with Gasteiger partial charge < -0.3 is 9.84 Å². The van der Waals surface area contributed by atoms with Gasteiger partial charge in [0.25, 0.3) is 0 Å². The Balaban J connectivity index is 2.07. The second kappa shape index (κ2) is 4.96. The summed E-state index contributed by atoms with van der Waals surface area (Å²) < 4.78 is 5.58. The van der Waals surface area contributed by atoms with Crippen molar-refractivity contribution < 1.29 is 14.6 Å². The first kappa shape index (κ1) is 12.2. The minimum atomic E-state index is -0.854. The number of ether oxygens (including phenoxy) is 1. The Morgan fingerprint density at radius 1 is 1.59 bits per heavy atom. The lowest BCUT2D eigenvalue weighted by Crippen LogP contribution is -2.07. The molecule has 1 atom stereocenters. The molecule has 0 bridgehead atoms. The quantitative estimate of drug-likeness (QED) is 0.877. The largest absolute Gasteiger partial charge is 0.492 e. The molecule has 1 unspecified atom stereocenters. The Kier molecular flexibility index (Phi) is 3.57. The average Bonchev–Trinajstić information content (AvgIpc) is 3.10. The molecule has 1 aromatic rings. The molecule has 0 saturated heterocycles. The maximum Gasteiger partial charge on any atom is 0.310 e. The summed E-state index contributed by atoms with van der Waals surface area (Å²) in [4.78, 5) is 10.8. The van der Waals surface area contributed by atoms with Crippen LogP contribution in [-0.2, 0) is 4.79 Å². The highest BCUT2D eigenvalue weighted by Crippen LogP contribution is 2.33. The Labute approximate surface area is 105 Å². The van der Waals surface area contributed by atoms with Crippen LogP contribution in [0.4, 0.5) is 0 Å². The maximum atomic E-state index is 10.8. The van der Waals surface area contributed by atoms with Gasteiger partial charge in [-0.05, 0) is 43.4 Å². The molecule has 4 heteroatoms. The van der Waals surface area contributed by atoms with Crippen molar-refractivity contribution in [1.82, 2.24) is 0 Å². The molecule has 0 radical (unpaired) electrons. The summed E-state index contributed by atoms with van der Waals surface area (Å²) in [5.41, 5.74) is 0.696. The van der Waals surface area contributed by atoms with Crippen molar-refractivity contribution in [2.24, 2.45) is 5.92 Å². The topological polar surface area (TPSA) is 46.5 Å². The molecule has 0 aliphatic heterocycles. The SMILES string of the molecule is CC(C(=O)O)c1ccc(OCC2CC2)c(Cl)c1. The number of hydrogen-bond acceptors (Lipinski definition) is 2. The average molecular weight is 255 g/mol. The van der Waals surface area contributed by atoms with E-state index in [1.54, 1.807) is 25.1 Å². The monoisotopic (exact) mass is 254 g/mol.